The molecule has 0 saturated heterocycles. The van der Waals surface area contributed by atoms with Crippen LogP contribution in [0, 0.1) is 0 Å². The van der Waals surface area contributed by atoms with Crippen LogP contribution >= 0.6 is 0 Å². The van der Waals surface area contributed by atoms with E-state index in [1.165, 1.54) is 0 Å². The molecule has 0 aromatic carbocycles. The van der Waals surface area contributed by atoms with Gasteiger partial charge in [-0.2, -0.15) is 0 Å². The summed E-state index contributed by atoms with van der Waals surface area (Å²) in [5.74, 6) is 0. The van der Waals surface area contributed by atoms with Gasteiger partial charge in [-0.1, -0.05) is 0 Å². The molecule has 0 unspecified atom stereocenters. The Labute approximate surface area is 81.6 Å². The second-order valence-corrected chi connectivity index (χ2v) is 1.22. The minimum absolute atomic E-state index is 0. The Morgan fingerprint density at radius 1 is 1.14 bits per heavy atom. The maximum atomic E-state index is 8.52. The van der Waals surface area contributed by atoms with Gasteiger partial charge in [-0.15, -0.1) is 0 Å². The molecule has 0 atom stereocenters. The van der Waals surface area contributed by atoms with E-state index in [2.05, 4.69) is 0 Å². The van der Waals surface area contributed by atoms with Crippen molar-refractivity contribution in [2.45, 2.75) is 0 Å². The summed E-state index contributed by atoms with van der Waals surface area (Å²) in [5, 5.41) is 0. The summed E-state index contributed by atoms with van der Waals surface area (Å²) < 4.78 is 34.1. The molecule has 0 rings (SSSR count). The molecule has 0 fully saturated rings. The predicted octanol–water partition coefficient (Wildman–Crippen LogP) is -1.34. The van der Waals surface area contributed by atoms with Crippen LogP contribution in [0.1, 0.15) is 0 Å². The summed E-state index contributed by atoms with van der Waals surface area (Å²) >= 11 is 0. The molecule has 0 N–H and O–H groups in total. The maximum Gasteiger partial charge on any atom is 2.00 e. The summed E-state index contributed by atoms with van der Waals surface area (Å²) in [6.45, 7) is 0. The molecule has 0 radical (unpaired) electrons. The molecule has 0 aromatic rings. The third-order valence-corrected chi connectivity index (χ3v) is 0. The van der Waals surface area contributed by atoms with Crippen LogP contribution in [0.5, 0.6) is 0 Å². The van der Waals surface area contributed by atoms with Crippen molar-refractivity contribution < 1.29 is 72.1 Å². The Balaban J connectivity index is -0.0000000800. The normalized spacial score (nSPS) is 8.29. The number of rotatable bonds is 0. The van der Waals surface area contributed by atoms with Crippen LogP contribution in [0.2, 0.25) is 0 Å². The van der Waals surface area contributed by atoms with Crippen molar-refractivity contribution >= 4 is 10.4 Å². The Hall–Kier alpha value is 1.71. The summed E-state index contributed by atoms with van der Waals surface area (Å²) in [7, 11) is -5.17. The molecule has 0 aliphatic carbocycles. The molecular formula is Cd2O4S. The smallest absolute Gasteiger partial charge is 0.759 e. The average Bonchev–Trinajstić information content (AvgIpc) is 0.722. The molecule has 0 aromatic heterocycles. The predicted molar refractivity (Wildman–Crippen MR) is 10.5 cm³/mol. The van der Waals surface area contributed by atoms with E-state index in [0.29, 0.717) is 0 Å². The van der Waals surface area contributed by atoms with E-state index < -0.39 is 10.4 Å². The quantitative estimate of drug-likeness (QED) is 0.314. The van der Waals surface area contributed by atoms with Gasteiger partial charge in [0.15, 0.2) is 0 Å². The Morgan fingerprint density at radius 3 is 1.14 bits per heavy atom. The minimum Gasteiger partial charge on any atom is -0.759 e. The van der Waals surface area contributed by atoms with Crippen molar-refractivity contribution in [1.29, 1.82) is 0 Å². The standard InChI is InChI=1S/2Cd.H2O4S/c;;1-5(2,3)4/h;;(H2,1,2,3,4)/q;+2;/p-2. The van der Waals surface area contributed by atoms with Crippen LogP contribution in [0.15, 0.2) is 0 Å². The van der Waals surface area contributed by atoms with Crippen molar-refractivity contribution in [3.05, 3.63) is 0 Å². The maximum absolute atomic E-state index is 8.52. The van der Waals surface area contributed by atoms with Crippen molar-refractivity contribution in [2.75, 3.05) is 0 Å². The molecule has 0 amide bonds. The molecule has 0 bridgehead atoms. The van der Waals surface area contributed by atoms with Crippen molar-refractivity contribution in [1.82, 2.24) is 0 Å². The van der Waals surface area contributed by atoms with Crippen LogP contribution in [-0.2, 0) is 65.0 Å². The zero-order valence-electron chi connectivity index (χ0n) is 3.46. The van der Waals surface area contributed by atoms with Gasteiger partial charge >= 0.3 is 27.3 Å². The fourth-order valence-corrected chi connectivity index (χ4v) is 0. The van der Waals surface area contributed by atoms with Gasteiger partial charge in [0.2, 0.25) is 0 Å². The van der Waals surface area contributed by atoms with Gasteiger partial charge in [-0.3, -0.25) is 8.42 Å². The monoisotopic (exact) mass is 324 g/mol. The second-order valence-electron chi connectivity index (χ2n) is 0.408. The molecule has 7 heteroatoms. The van der Waals surface area contributed by atoms with Gasteiger partial charge in [-0.05, 0) is 0 Å². The average molecular weight is 321 g/mol. The third-order valence-electron chi connectivity index (χ3n) is 0. The van der Waals surface area contributed by atoms with E-state index >= 15 is 0 Å². The van der Waals surface area contributed by atoms with Crippen LogP contribution in [-0.4, -0.2) is 17.5 Å². The van der Waals surface area contributed by atoms with Gasteiger partial charge in [-0.25, -0.2) is 0 Å². The molecule has 0 aliphatic heterocycles. The summed E-state index contributed by atoms with van der Waals surface area (Å²) in [6, 6.07) is 0. The van der Waals surface area contributed by atoms with E-state index in [0.717, 1.165) is 0 Å². The molecule has 34 valence electrons. The first-order valence-electron chi connectivity index (χ1n) is 0.667. The second kappa shape index (κ2) is 5.84. The Morgan fingerprint density at radius 2 is 1.14 bits per heavy atom. The van der Waals surface area contributed by atoms with Crippen molar-refractivity contribution in [3.63, 3.8) is 0 Å². The van der Waals surface area contributed by atoms with Gasteiger partial charge in [0.05, 0.1) is 0 Å². The third kappa shape index (κ3) is 85.7. The van der Waals surface area contributed by atoms with Crippen LogP contribution in [0.25, 0.3) is 0 Å². The van der Waals surface area contributed by atoms with E-state index in [-0.39, 0.29) is 54.6 Å². The zero-order chi connectivity index (χ0) is 4.50. The fourth-order valence-electron chi connectivity index (χ4n) is 0. The molecular weight excluding hydrogens is 321 g/mol. The molecule has 0 aliphatic rings. The topological polar surface area (TPSA) is 80.3 Å². The van der Waals surface area contributed by atoms with E-state index in [9.17, 15) is 0 Å². The Kier molecular flexibility index (Phi) is 13.3. The van der Waals surface area contributed by atoms with Gasteiger partial charge < -0.3 is 9.11 Å². The van der Waals surface area contributed by atoms with Crippen LogP contribution in [0.4, 0.5) is 0 Å². The summed E-state index contributed by atoms with van der Waals surface area (Å²) in [5.41, 5.74) is 0. The van der Waals surface area contributed by atoms with E-state index in [1.54, 1.807) is 0 Å². The first kappa shape index (κ1) is 15.9. The SMILES string of the molecule is O=S(=O)([O-])[O-].[Cd+2].[Cd]. The zero-order valence-corrected chi connectivity index (χ0v) is 12.3. The summed E-state index contributed by atoms with van der Waals surface area (Å²) in [4.78, 5) is 0. The molecule has 0 saturated carbocycles. The first-order chi connectivity index (χ1) is 2.00. The first-order valence-corrected chi connectivity index (χ1v) is 2.00. The number of hydrogen-bond acceptors (Lipinski definition) is 4. The van der Waals surface area contributed by atoms with Crippen molar-refractivity contribution in [2.24, 2.45) is 0 Å². The van der Waals surface area contributed by atoms with E-state index in [1.807, 2.05) is 0 Å². The molecule has 0 spiro atoms. The fraction of sp³-hybridized carbons (Fsp3) is 0. The van der Waals surface area contributed by atoms with Crippen LogP contribution < -0.4 is 0 Å². The molecule has 4 nitrogen and oxygen atoms in total. The molecule has 7 heavy (non-hydrogen) atoms. The minimum atomic E-state index is -5.17. The van der Waals surface area contributed by atoms with Gasteiger partial charge in [0.25, 0.3) is 0 Å². The van der Waals surface area contributed by atoms with Crippen molar-refractivity contribution in [3.8, 4) is 0 Å². The Bertz CT molecular complexity index is 92.9. The number of hydrogen-bond donors (Lipinski definition) is 0. The van der Waals surface area contributed by atoms with Gasteiger partial charge in [0, 0.05) is 37.7 Å². The van der Waals surface area contributed by atoms with E-state index in [4.69, 9.17) is 17.5 Å². The largest absolute Gasteiger partial charge is 2.00 e. The molecule has 0 heterocycles. The van der Waals surface area contributed by atoms with Crippen LogP contribution in [0.3, 0.4) is 0 Å². The summed E-state index contributed by atoms with van der Waals surface area (Å²) in [6.07, 6.45) is 0. The van der Waals surface area contributed by atoms with Gasteiger partial charge in [0.1, 0.15) is 0 Å².